The van der Waals surface area contributed by atoms with Crippen LogP contribution in [0.25, 0.3) is 0 Å². The van der Waals surface area contributed by atoms with E-state index in [1.165, 1.54) is 6.92 Å². The van der Waals surface area contributed by atoms with Crippen molar-refractivity contribution in [3.8, 4) is 0 Å². The molecular weight excluding hydrogens is 244 g/mol. The molecule has 19 heavy (non-hydrogen) atoms. The van der Waals surface area contributed by atoms with E-state index in [1.54, 1.807) is 38.1 Å². The van der Waals surface area contributed by atoms with E-state index in [4.69, 9.17) is 5.73 Å². The van der Waals surface area contributed by atoms with Gasteiger partial charge in [-0.15, -0.1) is 0 Å². The Labute approximate surface area is 111 Å². The number of benzene rings is 1. The first-order valence-corrected chi connectivity index (χ1v) is 6.09. The van der Waals surface area contributed by atoms with Crippen molar-refractivity contribution in [2.24, 2.45) is 11.7 Å². The molecule has 5 heteroatoms. The minimum atomic E-state index is -1.33. The fourth-order valence-electron chi connectivity index (χ4n) is 2.26. The van der Waals surface area contributed by atoms with Crippen molar-refractivity contribution in [3.05, 3.63) is 35.4 Å². The molecule has 0 aliphatic carbocycles. The van der Waals surface area contributed by atoms with E-state index in [2.05, 4.69) is 0 Å². The van der Waals surface area contributed by atoms with E-state index < -0.39 is 23.3 Å². The highest BCUT2D eigenvalue weighted by Gasteiger charge is 2.51. The van der Waals surface area contributed by atoms with E-state index in [-0.39, 0.29) is 5.92 Å². The normalized spacial score (nSPS) is 17.6. The third kappa shape index (κ3) is 1.65. The summed E-state index contributed by atoms with van der Waals surface area (Å²) < 4.78 is 0. The fraction of sp³-hybridized carbons (Fsp3) is 0.357. The van der Waals surface area contributed by atoms with Gasteiger partial charge in [0.2, 0.25) is 5.91 Å². The predicted molar refractivity (Wildman–Crippen MR) is 69.4 cm³/mol. The first-order chi connectivity index (χ1) is 8.81. The van der Waals surface area contributed by atoms with Crippen LogP contribution in [0.1, 0.15) is 41.5 Å². The first-order valence-electron chi connectivity index (χ1n) is 6.09. The molecule has 0 radical (unpaired) electrons. The molecule has 1 aromatic rings. The smallest absolute Gasteiger partial charge is 0.262 e. The highest BCUT2D eigenvalue weighted by molar-refractivity contribution is 6.23. The Kier molecular flexibility index (Phi) is 2.92. The quantitative estimate of drug-likeness (QED) is 0.829. The zero-order valence-corrected chi connectivity index (χ0v) is 11.1. The standard InChI is InChI=1S/C14H16N2O3/c1-8(2)14(3,13(15)19)16-11(17)9-6-4-5-7-10(9)12(16)18/h4-8H,1-3H3,(H2,15,19)/t14-/m0/s1. The number of imide groups is 1. The Bertz CT molecular complexity index is 545. The summed E-state index contributed by atoms with van der Waals surface area (Å²) in [5.74, 6) is -1.88. The van der Waals surface area contributed by atoms with Crippen LogP contribution in [0.5, 0.6) is 0 Å². The van der Waals surface area contributed by atoms with Gasteiger partial charge >= 0.3 is 0 Å². The monoisotopic (exact) mass is 260 g/mol. The molecule has 0 fully saturated rings. The van der Waals surface area contributed by atoms with E-state index in [1.807, 2.05) is 0 Å². The minimum absolute atomic E-state index is 0.271. The molecule has 0 spiro atoms. The number of hydrogen-bond acceptors (Lipinski definition) is 3. The van der Waals surface area contributed by atoms with Crippen molar-refractivity contribution in [3.63, 3.8) is 0 Å². The molecular formula is C14H16N2O3. The molecule has 1 aromatic carbocycles. The maximum atomic E-state index is 12.4. The van der Waals surface area contributed by atoms with Gasteiger partial charge in [0.05, 0.1) is 11.1 Å². The lowest BCUT2D eigenvalue weighted by atomic mass is 9.85. The lowest BCUT2D eigenvalue weighted by Gasteiger charge is -2.37. The van der Waals surface area contributed by atoms with E-state index >= 15 is 0 Å². The van der Waals surface area contributed by atoms with Crippen molar-refractivity contribution in [2.45, 2.75) is 26.3 Å². The molecule has 2 N–H and O–H groups in total. The number of fused-ring (bicyclic) bond motifs is 1. The number of nitrogens with zero attached hydrogens (tertiary/aromatic N) is 1. The summed E-state index contributed by atoms with van der Waals surface area (Å²) in [4.78, 5) is 37.5. The molecule has 1 atom stereocenters. The van der Waals surface area contributed by atoms with Gasteiger partial charge in [0, 0.05) is 0 Å². The first kappa shape index (κ1) is 13.3. The Hall–Kier alpha value is -2.17. The summed E-state index contributed by atoms with van der Waals surface area (Å²) >= 11 is 0. The number of carbonyl (C=O) groups excluding carboxylic acids is 3. The number of carbonyl (C=O) groups is 3. The Balaban J connectivity index is 2.58. The van der Waals surface area contributed by atoms with Gasteiger partial charge in [0.25, 0.3) is 11.8 Å². The molecule has 1 aliphatic heterocycles. The Morgan fingerprint density at radius 1 is 1.16 bits per heavy atom. The number of amides is 3. The zero-order chi connectivity index (χ0) is 14.4. The number of nitrogens with two attached hydrogens (primary N) is 1. The summed E-state index contributed by atoms with van der Waals surface area (Å²) in [6, 6.07) is 6.53. The van der Waals surface area contributed by atoms with Crippen molar-refractivity contribution in [2.75, 3.05) is 0 Å². The molecule has 3 amide bonds. The van der Waals surface area contributed by atoms with Crippen LogP contribution in [0.2, 0.25) is 0 Å². The average molecular weight is 260 g/mol. The van der Waals surface area contributed by atoms with Crippen LogP contribution in [0.3, 0.4) is 0 Å². The largest absolute Gasteiger partial charge is 0.368 e. The second-order valence-electron chi connectivity index (χ2n) is 5.16. The number of rotatable bonds is 3. The number of hydrogen-bond donors (Lipinski definition) is 1. The fourth-order valence-corrected chi connectivity index (χ4v) is 2.26. The second-order valence-corrected chi connectivity index (χ2v) is 5.16. The van der Waals surface area contributed by atoms with E-state index in [0.717, 1.165) is 4.90 Å². The highest BCUT2D eigenvalue weighted by atomic mass is 16.2. The minimum Gasteiger partial charge on any atom is -0.368 e. The van der Waals surface area contributed by atoms with Crippen molar-refractivity contribution in [1.29, 1.82) is 0 Å². The van der Waals surface area contributed by atoms with Crippen LogP contribution in [-0.2, 0) is 4.79 Å². The molecule has 0 bridgehead atoms. The number of primary amides is 1. The van der Waals surface area contributed by atoms with Gasteiger partial charge in [-0.25, -0.2) is 0 Å². The molecule has 0 unspecified atom stereocenters. The van der Waals surface area contributed by atoms with Crippen LogP contribution < -0.4 is 5.73 Å². The highest BCUT2D eigenvalue weighted by Crippen LogP contribution is 2.33. The molecule has 0 saturated heterocycles. The Morgan fingerprint density at radius 3 is 1.89 bits per heavy atom. The van der Waals surface area contributed by atoms with Crippen LogP contribution in [0, 0.1) is 5.92 Å². The summed E-state index contributed by atoms with van der Waals surface area (Å²) in [7, 11) is 0. The van der Waals surface area contributed by atoms with Gasteiger partial charge in [-0.05, 0) is 25.0 Å². The molecule has 0 saturated carbocycles. The summed E-state index contributed by atoms with van der Waals surface area (Å²) in [6.45, 7) is 5.05. The van der Waals surface area contributed by atoms with Crippen molar-refractivity contribution >= 4 is 17.7 Å². The third-order valence-corrected chi connectivity index (χ3v) is 3.88. The maximum absolute atomic E-state index is 12.4. The third-order valence-electron chi connectivity index (χ3n) is 3.88. The SMILES string of the molecule is CC(C)[C@@](C)(C(N)=O)N1C(=O)c2ccccc2C1=O. The van der Waals surface area contributed by atoms with Gasteiger partial charge < -0.3 is 5.73 Å². The molecule has 1 heterocycles. The molecule has 2 rings (SSSR count). The molecule has 5 nitrogen and oxygen atoms in total. The lowest BCUT2D eigenvalue weighted by molar-refractivity contribution is -0.129. The maximum Gasteiger partial charge on any atom is 0.262 e. The Morgan fingerprint density at radius 2 is 1.58 bits per heavy atom. The van der Waals surface area contributed by atoms with Crippen molar-refractivity contribution in [1.82, 2.24) is 4.90 Å². The van der Waals surface area contributed by atoms with Crippen LogP contribution >= 0.6 is 0 Å². The van der Waals surface area contributed by atoms with Gasteiger partial charge in [-0.2, -0.15) is 0 Å². The van der Waals surface area contributed by atoms with Gasteiger partial charge in [-0.3, -0.25) is 19.3 Å². The van der Waals surface area contributed by atoms with Crippen LogP contribution in [0.15, 0.2) is 24.3 Å². The zero-order valence-electron chi connectivity index (χ0n) is 11.1. The molecule has 1 aliphatic rings. The van der Waals surface area contributed by atoms with Gasteiger partial charge in [-0.1, -0.05) is 26.0 Å². The molecule has 0 aromatic heterocycles. The van der Waals surface area contributed by atoms with Gasteiger partial charge in [0.15, 0.2) is 0 Å². The average Bonchev–Trinajstić information content (AvgIpc) is 2.61. The summed E-state index contributed by atoms with van der Waals surface area (Å²) in [5.41, 5.74) is 4.74. The van der Waals surface area contributed by atoms with E-state index in [9.17, 15) is 14.4 Å². The van der Waals surface area contributed by atoms with E-state index in [0.29, 0.717) is 11.1 Å². The summed E-state index contributed by atoms with van der Waals surface area (Å²) in [5, 5.41) is 0. The predicted octanol–water partition coefficient (Wildman–Crippen LogP) is 1.18. The van der Waals surface area contributed by atoms with Crippen LogP contribution in [-0.4, -0.2) is 28.2 Å². The van der Waals surface area contributed by atoms with Crippen LogP contribution in [0.4, 0.5) is 0 Å². The second kappa shape index (κ2) is 4.19. The molecule has 100 valence electrons. The van der Waals surface area contributed by atoms with Gasteiger partial charge in [0.1, 0.15) is 5.54 Å². The lowest BCUT2D eigenvalue weighted by Crippen LogP contribution is -2.60. The topological polar surface area (TPSA) is 80.5 Å². The summed E-state index contributed by atoms with van der Waals surface area (Å²) in [6.07, 6.45) is 0. The van der Waals surface area contributed by atoms with Crippen molar-refractivity contribution < 1.29 is 14.4 Å².